The first-order chi connectivity index (χ1) is 12.7. The molecule has 3 rings (SSSR count). The Morgan fingerprint density at radius 2 is 1.54 bits per heavy atom. The average Bonchev–Trinajstić information content (AvgIpc) is 3.03. The number of hydrogen-bond acceptors (Lipinski definition) is 3. The van der Waals surface area contributed by atoms with Gasteiger partial charge in [-0.05, 0) is 37.6 Å². The number of rotatable bonds is 7. The van der Waals surface area contributed by atoms with E-state index in [1.54, 1.807) is 25.1 Å². The number of furan rings is 1. The van der Waals surface area contributed by atoms with Crippen LogP contribution in [0, 0.1) is 23.5 Å². The zero-order valence-electron chi connectivity index (χ0n) is 14.8. The molecule has 0 bridgehead atoms. The van der Waals surface area contributed by atoms with Gasteiger partial charge in [0.05, 0.1) is 6.61 Å². The van der Waals surface area contributed by atoms with Gasteiger partial charge in [0.1, 0.15) is 6.61 Å². The van der Waals surface area contributed by atoms with Gasteiger partial charge in [-0.3, -0.25) is 0 Å². The van der Waals surface area contributed by atoms with E-state index < -0.39 is 11.6 Å². The minimum atomic E-state index is -0.665. The van der Waals surface area contributed by atoms with Crippen molar-refractivity contribution < 1.29 is 22.7 Å². The summed E-state index contributed by atoms with van der Waals surface area (Å²) in [5.41, 5.74) is -0.0543. The summed E-state index contributed by atoms with van der Waals surface area (Å²) in [4.78, 5) is 0. The molecule has 0 N–H and O–H groups in total. The maximum Gasteiger partial charge on any atom is 0.208 e. The van der Waals surface area contributed by atoms with Crippen LogP contribution in [-0.4, -0.2) is 13.2 Å². The Bertz CT molecular complexity index is 980. The summed E-state index contributed by atoms with van der Waals surface area (Å²) in [5.74, 6) is 4.22. The fraction of sp³-hybridized carbons (Fsp3) is 0.333. The molecule has 0 aliphatic heterocycles. The topological polar surface area (TPSA) is 31.6 Å². The van der Waals surface area contributed by atoms with Crippen LogP contribution in [0.15, 0.2) is 28.7 Å². The van der Waals surface area contributed by atoms with Crippen molar-refractivity contribution in [3.63, 3.8) is 0 Å². The summed E-state index contributed by atoms with van der Waals surface area (Å²) in [6.07, 6.45) is 2.93. The number of benzene rings is 2. The Balaban J connectivity index is 1.96. The highest BCUT2D eigenvalue weighted by molar-refractivity contribution is 6.06. The SMILES string of the molecule is CC#CCOc1ccc2c(oc3c(F)c(OCCCCC)ccc32)c1F. The fourth-order valence-corrected chi connectivity index (χ4v) is 2.74. The van der Waals surface area contributed by atoms with Crippen molar-refractivity contribution in [2.24, 2.45) is 0 Å². The average molecular weight is 358 g/mol. The van der Waals surface area contributed by atoms with Crippen molar-refractivity contribution >= 4 is 21.9 Å². The molecule has 26 heavy (non-hydrogen) atoms. The molecule has 3 nitrogen and oxygen atoms in total. The maximum absolute atomic E-state index is 14.7. The maximum atomic E-state index is 14.7. The first kappa shape index (κ1) is 18.1. The van der Waals surface area contributed by atoms with Gasteiger partial charge in [0.2, 0.25) is 11.6 Å². The number of ether oxygens (including phenoxy) is 2. The Hall–Kier alpha value is -2.74. The van der Waals surface area contributed by atoms with E-state index >= 15 is 0 Å². The lowest BCUT2D eigenvalue weighted by Crippen LogP contribution is -1.99. The van der Waals surface area contributed by atoms with E-state index in [4.69, 9.17) is 13.9 Å². The van der Waals surface area contributed by atoms with Crippen LogP contribution in [0.1, 0.15) is 33.1 Å². The molecule has 0 radical (unpaired) electrons. The van der Waals surface area contributed by atoms with E-state index in [1.165, 1.54) is 6.07 Å². The molecule has 0 saturated carbocycles. The monoisotopic (exact) mass is 358 g/mol. The lowest BCUT2D eigenvalue weighted by molar-refractivity contribution is 0.291. The largest absolute Gasteiger partial charge is 0.490 e. The highest BCUT2D eigenvalue weighted by atomic mass is 19.1. The van der Waals surface area contributed by atoms with Gasteiger partial charge in [-0.15, -0.1) is 5.92 Å². The van der Waals surface area contributed by atoms with Gasteiger partial charge in [-0.1, -0.05) is 25.7 Å². The molecular weight excluding hydrogens is 338 g/mol. The summed E-state index contributed by atoms with van der Waals surface area (Å²) < 4.78 is 45.6. The number of hydrogen-bond donors (Lipinski definition) is 0. The number of halogens is 2. The second-order valence-corrected chi connectivity index (χ2v) is 5.88. The van der Waals surface area contributed by atoms with Crippen molar-refractivity contribution in [1.82, 2.24) is 0 Å². The van der Waals surface area contributed by atoms with Crippen molar-refractivity contribution in [3.05, 3.63) is 35.9 Å². The van der Waals surface area contributed by atoms with Gasteiger partial charge in [-0.25, -0.2) is 0 Å². The van der Waals surface area contributed by atoms with Crippen LogP contribution in [0.3, 0.4) is 0 Å². The summed E-state index contributed by atoms with van der Waals surface area (Å²) in [6.45, 7) is 4.26. The Morgan fingerprint density at radius 3 is 2.12 bits per heavy atom. The quantitative estimate of drug-likeness (QED) is 0.393. The standard InChI is InChI=1S/C21H20F2O3/c1-3-5-7-13-25-17-11-9-15-14-8-10-16(24-12-6-4-2)18(22)20(14)26-21(15)19(17)23/h8-11H,3,5,7,12-13H2,1-2H3. The summed E-state index contributed by atoms with van der Waals surface area (Å²) in [7, 11) is 0. The van der Waals surface area contributed by atoms with Crippen molar-refractivity contribution in [1.29, 1.82) is 0 Å². The lowest BCUT2D eigenvalue weighted by atomic mass is 10.1. The van der Waals surface area contributed by atoms with E-state index in [0.29, 0.717) is 17.4 Å². The predicted octanol–water partition coefficient (Wildman–Crippen LogP) is 5.84. The second kappa shape index (κ2) is 8.09. The smallest absolute Gasteiger partial charge is 0.208 e. The van der Waals surface area contributed by atoms with E-state index in [1.807, 2.05) is 0 Å². The molecule has 0 spiro atoms. The molecule has 0 aliphatic carbocycles. The van der Waals surface area contributed by atoms with E-state index in [9.17, 15) is 8.78 Å². The van der Waals surface area contributed by atoms with Crippen molar-refractivity contribution in [2.45, 2.75) is 33.1 Å². The van der Waals surface area contributed by atoms with Crippen LogP contribution in [0.25, 0.3) is 21.9 Å². The molecule has 3 aromatic rings. The van der Waals surface area contributed by atoms with Crippen LogP contribution in [0.2, 0.25) is 0 Å². The number of fused-ring (bicyclic) bond motifs is 3. The molecule has 5 heteroatoms. The van der Waals surface area contributed by atoms with Crippen LogP contribution >= 0.6 is 0 Å². The Morgan fingerprint density at radius 1 is 0.923 bits per heavy atom. The van der Waals surface area contributed by atoms with Gasteiger partial charge in [-0.2, -0.15) is 8.78 Å². The summed E-state index contributed by atoms with van der Waals surface area (Å²) in [6, 6.07) is 6.39. The first-order valence-corrected chi connectivity index (χ1v) is 8.65. The second-order valence-electron chi connectivity index (χ2n) is 5.88. The molecule has 136 valence electrons. The third-order valence-corrected chi connectivity index (χ3v) is 4.10. The fourth-order valence-electron chi connectivity index (χ4n) is 2.74. The van der Waals surface area contributed by atoms with Gasteiger partial charge < -0.3 is 13.9 Å². The van der Waals surface area contributed by atoms with Gasteiger partial charge >= 0.3 is 0 Å². The Kier molecular flexibility index (Phi) is 5.62. The van der Waals surface area contributed by atoms with Crippen LogP contribution in [-0.2, 0) is 0 Å². The zero-order valence-corrected chi connectivity index (χ0v) is 14.8. The van der Waals surface area contributed by atoms with E-state index in [-0.39, 0.29) is 29.3 Å². The molecule has 0 fully saturated rings. The van der Waals surface area contributed by atoms with Crippen LogP contribution in [0.4, 0.5) is 8.78 Å². The predicted molar refractivity (Wildman–Crippen MR) is 97.6 cm³/mol. The molecule has 1 aromatic heterocycles. The zero-order chi connectivity index (χ0) is 18.5. The van der Waals surface area contributed by atoms with E-state index in [2.05, 4.69) is 18.8 Å². The summed E-state index contributed by atoms with van der Waals surface area (Å²) >= 11 is 0. The van der Waals surface area contributed by atoms with Crippen LogP contribution in [0.5, 0.6) is 11.5 Å². The highest BCUT2D eigenvalue weighted by Gasteiger charge is 2.20. The minimum Gasteiger partial charge on any atom is -0.490 e. The minimum absolute atomic E-state index is 0.0163. The van der Waals surface area contributed by atoms with Crippen molar-refractivity contribution in [3.8, 4) is 23.3 Å². The Labute approximate surface area is 150 Å². The van der Waals surface area contributed by atoms with Crippen molar-refractivity contribution in [2.75, 3.05) is 13.2 Å². The molecule has 0 saturated heterocycles. The lowest BCUT2D eigenvalue weighted by Gasteiger charge is -2.06. The van der Waals surface area contributed by atoms with Crippen LogP contribution < -0.4 is 9.47 Å². The third-order valence-electron chi connectivity index (χ3n) is 4.10. The normalized spacial score (nSPS) is 10.8. The molecule has 0 amide bonds. The first-order valence-electron chi connectivity index (χ1n) is 8.65. The van der Waals surface area contributed by atoms with Gasteiger partial charge in [0.25, 0.3) is 0 Å². The molecule has 0 atom stereocenters. The summed E-state index contributed by atoms with van der Waals surface area (Å²) in [5, 5.41) is 0.986. The molecular formula is C21H20F2O3. The molecule has 0 unspecified atom stereocenters. The molecule has 1 heterocycles. The molecule has 0 aliphatic rings. The highest BCUT2D eigenvalue weighted by Crippen LogP contribution is 2.37. The van der Waals surface area contributed by atoms with Gasteiger partial charge in [0.15, 0.2) is 22.7 Å². The molecule has 2 aromatic carbocycles. The van der Waals surface area contributed by atoms with Gasteiger partial charge in [0, 0.05) is 10.8 Å². The number of unbranched alkanes of at least 4 members (excludes halogenated alkanes) is 2. The van der Waals surface area contributed by atoms with E-state index in [0.717, 1.165) is 19.3 Å². The third kappa shape index (κ3) is 3.45.